The van der Waals surface area contributed by atoms with Crippen molar-refractivity contribution in [2.75, 3.05) is 18.5 Å². The van der Waals surface area contributed by atoms with Crippen molar-refractivity contribution in [2.24, 2.45) is 5.73 Å². The molecule has 0 radical (unpaired) electrons. The maximum atomic E-state index is 12.0. The Morgan fingerprint density at radius 3 is 2.58 bits per heavy atom. The summed E-state index contributed by atoms with van der Waals surface area (Å²) in [6, 6.07) is 12.0. The van der Waals surface area contributed by atoms with Gasteiger partial charge in [-0.3, -0.25) is 14.9 Å². The summed E-state index contributed by atoms with van der Waals surface area (Å²) < 4.78 is 10.5. The zero-order valence-electron chi connectivity index (χ0n) is 17.3. The predicted molar refractivity (Wildman–Crippen MR) is 115 cm³/mol. The lowest BCUT2D eigenvalue weighted by molar-refractivity contribution is -0.149. The summed E-state index contributed by atoms with van der Waals surface area (Å²) in [6.07, 6.45) is 0.810. The highest BCUT2D eigenvalue weighted by atomic mass is 16.5. The minimum atomic E-state index is -1.30. The number of carbonyl (C=O) groups is 3. The summed E-state index contributed by atoms with van der Waals surface area (Å²) in [5.74, 6) is -2.17. The van der Waals surface area contributed by atoms with Gasteiger partial charge in [0.2, 0.25) is 0 Å². The number of anilines is 1. The van der Waals surface area contributed by atoms with Gasteiger partial charge < -0.3 is 20.3 Å². The monoisotopic (exact) mass is 426 g/mol. The van der Waals surface area contributed by atoms with Gasteiger partial charge >= 0.3 is 18.0 Å². The molecule has 2 aromatic carbocycles. The highest BCUT2D eigenvalue weighted by Gasteiger charge is 2.30. The van der Waals surface area contributed by atoms with Crippen molar-refractivity contribution in [2.45, 2.75) is 38.1 Å². The standard InChI is InChI=1S/C23H26N2O6/c1-2-3-10-30-23(29)25-14-8-9-17-15-6-4-5-7-16(15)19(18(17)11-14)13-31-21(26)12-20(24)22(27)28/h4-9,11,19-20H,2-3,10,12-13,24H2,1H3,(H,25,29)(H,27,28). The number of aliphatic carboxylic acids is 1. The molecule has 0 heterocycles. The number of carboxylic acid groups (broad SMARTS) is 1. The number of unbranched alkanes of at least 4 members (excludes halogenated alkanes) is 1. The van der Waals surface area contributed by atoms with Crippen LogP contribution in [0, 0.1) is 0 Å². The van der Waals surface area contributed by atoms with Crippen LogP contribution in [0.25, 0.3) is 11.1 Å². The summed E-state index contributed by atoms with van der Waals surface area (Å²) in [4.78, 5) is 34.9. The molecule has 1 aliphatic carbocycles. The van der Waals surface area contributed by atoms with Gasteiger partial charge in [-0.15, -0.1) is 0 Å². The maximum Gasteiger partial charge on any atom is 0.411 e. The van der Waals surface area contributed by atoms with E-state index in [1.807, 2.05) is 43.3 Å². The first-order valence-corrected chi connectivity index (χ1v) is 10.2. The Kier molecular flexibility index (Phi) is 7.25. The number of hydrogen-bond acceptors (Lipinski definition) is 6. The number of nitrogens with one attached hydrogen (secondary N) is 1. The number of benzene rings is 2. The topological polar surface area (TPSA) is 128 Å². The Hall–Kier alpha value is -3.39. The third-order valence-corrected chi connectivity index (χ3v) is 5.15. The zero-order chi connectivity index (χ0) is 22.4. The molecule has 0 aliphatic heterocycles. The molecule has 0 fully saturated rings. The highest BCUT2D eigenvalue weighted by Crippen LogP contribution is 2.45. The zero-order valence-corrected chi connectivity index (χ0v) is 17.3. The van der Waals surface area contributed by atoms with Gasteiger partial charge in [-0.1, -0.05) is 43.7 Å². The Morgan fingerprint density at radius 1 is 1.10 bits per heavy atom. The predicted octanol–water partition coefficient (Wildman–Crippen LogP) is 3.49. The summed E-state index contributed by atoms with van der Waals surface area (Å²) >= 11 is 0. The fraction of sp³-hybridized carbons (Fsp3) is 0.348. The normalized spacial score (nSPS) is 14.8. The average Bonchev–Trinajstić information content (AvgIpc) is 3.05. The van der Waals surface area contributed by atoms with Crippen molar-refractivity contribution < 1.29 is 29.0 Å². The van der Waals surface area contributed by atoms with Crippen LogP contribution in [0.1, 0.15) is 43.2 Å². The molecular weight excluding hydrogens is 400 g/mol. The summed E-state index contributed by atoms with van der Waals surface area (Å²) in [5.41, 5.74) is 9.91. The van der Waals surface area contributed by atoms with Crippen LogP contribution in [0.15, 0.2) is 42.5 Å². The van der Waals surface area contributed by atoms with Gasteiger partial charge in [-0.25, -0.2) is 4.79 Å². The van der Waals surface area contributed by atoms with Crippen LogP contribution in [0.2, 0.25) is 0 Å². The molecule has 0 saturated carbocycles. The molecule has 0 aromatic heterocycles. The first kappa shape index (κ1) is 22.3. The number of amides is 1. The molecule has 31 heavy (non-hydrogen) atoms. The van der Waals surface area contributed by atoms with Gasteiger partial charge in [0.1, 0.15) is 12.6 Å². The fourth-order valence-corrected chi connectivity index (χ4v) is 3.53. The van der Waals surface area contributed by atoms with Gasteiger partial charge in [-0.05, 0) is 40.8 Å². The molecule has 0 saturated heterocycles. The van der Waals surface area contributed by atoms with Crippen molar-refractivity contribution in [3.63, 3.8) is 0 Å². The van der Waals surface area contributed by atoms with Gasteiger partial charge in [0.25, 0.3) is 0 Å². The number of fused-ring (bicyclic) bond motifs is 3. The number of carboxylic acids is 1. The summed E-state index contributed by atoms with van der Waals surface area (Å²) in [5, 5.41) is 11.6. The maximum absolute atomic E-state index is 12.0. The van der Waals surface area contributed by atoms with E-state index in [1.165, 1.54) is 0 Å². The van der Waals surface area contributed by atoms with Crippen LogP contribution in [-0.4, -0.2) is 42.4 Å². The lowest BCUT2D eigenvalue weighted by Gasteiger charge is -2.16. The van der Waals surface area contributed by atoms with E-state index in [4.69, 9.17) is 20.3 Å². The first-order valence-electron chi connectivity index (χ1n) is 10.2. The third-order valence-electron chi connectivity index (χ3n) is 5.15. The Labute approximate surface area is 180 Å². The Bertz CT molecular complexity index is 974. The molecule has 1 aliphatic rings. The van der Waals surface area contributed by atoms with E-state index in [9.17, 15) is 14.4 Å². The number of hydrogen-bond donors (Lipinski definition) is 3. The lowest BCUT2D eigenvalue weighted by Crippen LogP contribution is -2.33. The molecule has 3 rings (SSSR count). The largest absolute Gasteiger partial charge is 0.480 e. The van der Waals surface area contributed by atoms with Gasteiger partial charge in [0.05, 0.1) is 13.0 Å². The number of ether oxygens (including phenoxy) is 2. The number of nitrogens with two attached hydrogens (primary N) is 1. The molecule has 0 spiro atoms. The van der Waals surface area contributed by atoms with Crippen LogP contribution in [0.3, 0.4) is 0 Å². The molecule has 164 valence electrons. The SMILES string of the molecule is CCCCOC(=O)Nc1ccc2c(c1)C(COC(=O)CC(N)C(=O)O)c1ccccc1-2. The second-order valence-corrected chi connectivity index (χ2v) is 7.39. The van der Waals surface area contributed by atoms with E-state index in [2.05, 4.69) is 5.32 Å². The van der Waals surface area contributed by atoms with Crippen LogP contribution in [-0.2, 0) is 19.1 Å². The van der Waals surface area contributed by atoms with E-state index in [1.54, 1.807) is 6.07 Å². The van der Waals surface area contributed by atoms with E-state index < -0.39 is 30.5 Å². The third kappa shape index (κ3) is 5.40. The molecule has 4 N–H and O–H groups in total. The van der Waals surface area contributed by atoms with Crippen molar-refractivity contribution in [3.8, 4) is 11.1 Å². The minimum Gasteiger partial charge on any atom is -0.480 e. The van der Waals surface area contributed by atoms with Gasteiger partial charge in [0.15, 0.2) is 0 Å². The number of carbonyl (C=O) groups excluding carboxylic acids is 2. The highest BCUT2D eigenvalue weighted by molar-refractivity contribution is 5.87. The Morgan fingerprint density at radius 2 is 1.84 bits per heavy atom. The molecule has 8 nitrogen and oxygen atoms in total. The van der Waals surface area contributed by atoms with Gasteiger partial charge in [0, 0.05) is 11.6 Å². The summed E-state index contributed by atoms with van der Waals surface area (Å²) in [6.45, 7) is 2.41. The molecule has 2 unspecified atom stereocenters. The van der Waals surface area contributed by atoms with Crippen LogP contribution >= 0.6 is 0 Å². The van der Waals surface area contributed by atoms with Crippen LogP contribution < -0.4 is 11.1 Å². The van der Waals surface area contributed by atoms with E-state index in [-0.39, 0.29) is 12.5 Å². The molecule has 8 heteroatoms. The van der Waals surface area contributed by atoms with Crippen LogP contribution in [0.4, 0.5) is 10.5 Å². The lowest BCUT2D eigenvalue weighted by atomic mass is 9.97. The van der Waals surface area contributed by atoms with E-state index in [0.29, 0.717) is 12.3 Å². The second kappa shape index (κ2) is 10.1. The first-order chi connectivity index (χ1) is 14.9. The van der Waals surface area contributed by atoms with Crippen molar-refractivity contribution >= 4 is 23.7 Å². The molecular formula is C23H26N2O6. The van der Waals surface area contributed by atoms with E-state index >= 15 is 0 Å². The molecule has 0 bridgehead atoms. The Balaban J connectivity index is 1.75. The second-order valence-electron chi connectivity index (χ2n) is 7.39. The number of rotatable bonds is 9. The summed E-state index contributed by atoms with van der Waals surface area (Å²) in [7, 11) is 0. The van der Waals surface area contributed by atoms with Crippen molar-refractivity contribution in [1.82, 2.24) is 0 Å². The van der Waals surface area contributed by atoms with E-state index in [0.717, 1.165) is 35.1 Å². The average molecular weight is 426 g/mol. The molecule has 2 atom stereocenters. The fourth-order valence-electron chi connectivity index (χ4n) is 3.53. The van der Waals surface area contributed by atoms with Gasteiger partial charge in [-0.2, -0.15) is 0 Å². The molecule has 2 aromatic rings. The quantitative estimate of drug-likeness (QED) is 0.413. The smallest absolute Gasteiger partial charge is 0.411 e. The van der Waals surface area contributed by atoms with Crippen molar-refractivity contribution in [1.29, 1.82) is 0 Å². The number of esters is 1. The van der Waals surface area contributed by atoms with Crippen molar-refractivity contribution in [3.05, 3.63) is 53.6 Å². The minimum absolute atomic E-state index is 0.0413. The molecule has 1 amide bonds. The van der Waals surface area contributed by atoms with Crippen LogP contribution in [0.5, 0.6) is 0 Å².